The van der Waals surface area contributed by atoms with Gasteiger partial charge in [0, 0.05) is 5.02 Å². The van der Waals surface area contributed by atoms with Gasteiger partial charge in [-0.05, 0) is 42.9 Å². The van der Waals surface area contributed by atoms with Crippen LogP contribution < -0.4 is 0 Å². The van der Waals surface area contributed by atoms with Gasteiger partial charge in [-0.15, -0.1) is 0 Å². The van der Waals surface area contributed by atoms with Crippen LogP contribution in [-0.4, -0.2) is 11.2 Å². The van der Waals surface area contributed by atoms with Gasteiger partial charge in [0.1, 0.15) is 0 Å². The zero-order chi connectivity index (χ0) is 10.8. The summed E-state index contributed by atoms with van der Waals surface area (Å²) in [6.07, 6.45) is 3.98. The molecule has 0 spiro atoms. The molecule has 0 amide bonds. The SMILES string of the molecule is Cc1ccc(CC(O)CC2CC2)c(Cl)c1. The largest absolute Gasteiger partial charge is 0.393 e. The van der Waals surface area contributed by atoms with Gasteiger partial charge in [0.25, 0.3) is 0 Å². The van der Waals surface area contributed by atoms with Gasteiger partial charge in [0.05, 0.1) is 6.10 Å². The topological polar surface area (TPSA) is 20.2 Å². The van der Waals surface area contributed by atoms with Crippen molar-refractivity contribution >= 4 is 11.6 Å². The average molecular weight is 225 g/mol. The minimum Gasteiger partial charge on any atom is -0.393 e. The van der Waals surface area contributed by atoms with E-state index in [0.717, 1.165) is 22.9 Å². The van der Waals surface area contributed by atoms with Crippen molar-refractivity contribution in [3.05, 3.63) is 34.3 Å². The first-order chi connectivity index (χ1) is 7.15. The molecule has 0 aromatic heterocycles. The van der Waals surface area contributed by atoms with E-state index < -0.39 is 0 Å². The summed E-state index contributed by atoms with van der Waals surface area (Å²) in [6.45, 7) is 2.02. The molecular formula is C13H17ClO. The molecule has 1 atom stereocenters. The lowest BCUT2D eigenvalue weighted by atomic mass is 10.0. The van der Waals surface area contributed by atoms with Crippen molar-refractivity contribution < 1.29 is 5.11 Å². The molecule has 0 saturated heterocycles. The van der Waals surface area contributed by atoms with Crippen LogP contribution >= 0.6 is 11.6 Å². The molecule has 0 aliphatic heterocycles. The van der Waals surface area contributed by atoms with E-state index in [1.54, 1.807) is 0 Å². The summed E-state index contributed by atoms with van der Waals surface area (Å²) in [5.74, 6) is 0.768. The number of benzene rings is 1. The van der Waals surface area contributed by atoms with Crippen molar-refractivity contribution in [3.63, 3.8) is 0 Å². The molecule has 82 valence electrons. The molecular weight excluding hydrogens is 208 g/mol. The summed E-state index contributed by atoms with van der Waals surface area (Å²) >= 11 is 6.11. The Morgan fingerprint density at radius 1 is 1.47 bits per heavy atom. The molecule has 1 aromatic carbocycles. The Morgan fingerprint density at radius 3 is 2.80 bits per heavy atom. The van der Waals surface area contributed by atoms with Crippen LogP contribution in [0, 0.1) is 12.8 Å². The highest BCUT2D eigenvalue weighted by Gasteiger charge is 2.24. The van der Waals surface area contributed by atoms with Gasteiger partial charge in [-0.25, -0.2) is 0 Å². The van der Waals surface area contributed by atoms with Gasteiger partial charge in [0.2, 0.25) is 0 Å². The van der Waals surface area contributed by atoms with Crippen LogP contribution in [0.2, 0.25) is 5.02 Å². The van der Waals surface area contributed by atoms with E-state index in [4.69, 9.17) is 11.6 Å². The molecule has 15 heavy (non-hydrogen) atoms. The van der Waals surface area contributed by atoms with E-state index in [2.05, 4.69) is 0 Å². The number of hydrogen-bond donors (Lipinski definition) is 1. The van der Waals surface area contributed by atoms with Crippen LogP contribution in [-0.2, 0) is 6.42 Å². The average Bonchev–Trinajstić information content (AvgIpc) is 2.94. The van der Waals surface area contributed by atoms with Crippen molar-refractivity contribution in [2.45, 2.75) is 38.7 Å². The predicted molar refractivity (Wildman–Crippen MR) is 63.2 cm³/mol. The summed E-state index contributed by atoms with van der Waals surface area (Å²) in [6, 6.07) is 6.03. The van der Waals surface area contributed by atoms with Gasteiger partial charge in [-0.1, -0.05) is 36.6 Å². The highest BCUT2D eigenvalue weighted by molar-refractivity contribution is 6.31. The van der Waals surface area contributed by atoms with E-state index in [0.29, 0.717) is 6.42 Å². The molecule has 1 aromatic rings. The van der Waals surface area contributed by atoms with Crippen LogP contribution in [0.3, 0.4) is 0 Å². The maximum Gasteiger partial charge on any atom is 0.0583 e. The summed E-state index contributed by atoms with van der Waals surface area (Å²) in [4.78, 5) is 0. The van der Waals surface area contributed by atoms with E-state index >= 15 is 0 Å². The number of aliphatic hydroxyl groups excluding tert-OH is 1. The molecule has 1 aliphatic carbocycles. The van der Waals surface area contributed by atoms with E-state index in [9.17, 15) is 5.11 Å². The highest BCUT2D eigenvalue weighted by atomic mass is 35.5. The molecule has 1 aliphatic rings. The number of hydrogen-bond acceptors (Lipinski definition) is 1. The fourth-order valence-electron chi connectivity index (χ4n) is 1.89. The Morgan fingerprint density at radius 2 is 2.20 bits per heavy atom. The van der Waals surface area contributed by atoms with Crippen molar-refractivity contribution in [1.29, 1.82) is 0 Å². The monoisotopic (exact) mass is 224 g/mol. The second-order valence-corrected chi connectivity index (χ2v) is 5.04. The molecule has 1 N–H and O–H groups in total. The normalized spacial score (nSPS) is 17.8. The van der Waals surface area contributed by atoms with Gasteiger partial charge < -0.3 is 5.11 Å². The second kappa shape index (κ2) is 4.54. The third kappa shape index (κ3) is 3.22. The van der Waals surface area contributed by atoms with Crippen LogP contribution in [0.4, 0.5) is 0 Å². The standard InChI is InChI=1S/C13H17ClO/c1-9-2-5-11(13(14)6-9)8-12(15)7-10-3-4-10/h2,5-6,10,12,15H,3-4,7-8H2,1H3. The smallest absolute Gasteiger partial charge is 0.0583 e. The van der Waals surface area contributed by atoms with Crippen molar-refractivity contribution in [2.24, 2.45) is 5.92 Å². The van der Waals surface area contributed by atoms with Crippen molar-refractivity contribution in [1.82, 2.24) is 0 Å². The summed E-state index contributed by atoms with van der Waals surface area (Å²) in [5.41, 5.74) is 2.23. The van der Waals surface area contributed by atoms with Crippen molar-refractivity contribution in [3.8, 4) is 0 Å². The zero-order valence-electron chi connectivity index (χ0n) is 9.04. The van der Waals surface area contributed by atoms with E-state index in [-0.39, 0.29) is 6.10 Å². The highest BCUT2D eigenvalue weighted by Crippen LogP contribution is 2.34. The van der Waals surface area contributed by atoms with Gasteiger partial charge in [0.15, 0.2) is 0 Å². The Bertz CT molecular complexity index is 344. The Balaban J connectivity index is 1.96. The predicted octanol–water partition coefficient (Wildman–Crippen LogP) is 3.35. The fourth-order valence-corrected chi connectivity index (χ4v) is 2.21. The third-order valence-electron chi connectivity index (χ3n) is 2.97. The molecule has 1 saturated carbocycles. The van der Waals surface area contributed by atoms with Crippen LogP contribution in [0.1, 0.15) is 30.4 Å². The summed E-state index contributed by atoms with van der Waals surface area (Å²) in [5, 5.41) is 10.6. The first-order valence-electron chi connectivity index (χ1n) is 5.58. The first-order valence-corrected chi connectivity index (χ1v) is 5.96. The molecule has 1 fully saturated rings. The first kappa shape index (κ1) is 11.0. The van der Waals surface area contributed by atoms with Crippen LogP contribution in [0.25, 0.3) is 0 Å². The Hall–Kier alpha value is -0.530. The number of halogens is 1. The lowest BCUT2D eigenvalue weighted by molar-refractivity contribution is 0.158. The molecule has 0 heterocycles. The van der Waals surface area contributed by atoms with E-state index in [1.807, 2.05) is 25.1 Å². The maximum atomic E-state index is 9.85. The van der Waals surface area contributed by atoms with Crippen molar-refractivity contribution in [2.75, 3.05) is 0 Å². The minimum absolute atomic E-state index is 0.224. The zero-order valence-corrected chi connectivity index (χ0v) is 9.80. The fraction of sp³-hybridized carbons (Fsp3) is 0.538. The quantitative estimate of drug-likeness (QED) is 0.832. The Labute approximate surface area is 96.1 Å². The number of aryl methyl sites for hydroxylation is 1. The maximum absolute atomic E-state index is 9.85. The summed E-state index contributed by atoms with van der Waals surface area (Å²) in [7, 11) is 0. The molecule has 2 heteroatoms. The lowest BCUT2D eigenvalue weighted by Gasteiger charge is -2.11. The molecule has 2 rings (SSSR count). The molecule has 1 nitrogen and oxygen atoms in total. The molecule has 0 bridgehead atoms. The Kier molecular flexibility index (Phi) is 3.32. The van der Waals surface area contributed by atoms with Crippen LogP contribution in [0.15, 0.2) is 18.2 Å². The number of aliphatic hydroxyl groups is 1. The van der Waals surface area contributed by atoms with E-state index in [1.165, 1.54) is 18.4 Å². The minimum atomic E-state index is -0.224. The van der Waals surface area contributed by atoms with Crippen LogP contribution in [0.5, 0.6) is 0 Å². The third-order valence-corrected chi connectivity index (χ3v) is 3.32. The van der Waals surface area contributed by atoms with Gasteiger partial charge >= 0.3 is 0 Å². The van der Waals surface area contributed by atoms with Gasteiger partial charge in [-0.3, -0.25) is 0 Å². The molecule has 1 unspecified atom stereocenters. The number of rotatable bonds is 4. The van der Waals surface area contributed by atoms with Gasteiger partial charge in [-0.2, -0.15) is 0 Å². The second-order valence-electron chi connectivity index (χ2n) is 4.63. The molecule has 0 radical (unpaired) electrons. The lowest BCUT2D eigenvalue weighted by Crippen LogP contribution is -2.11. The summed E-state index contributed by atoms with van der Waals surface area (Å²) < 4.78 is 0.